The molecular formula is C23H17BrN2O. The maximum absolute atomic E-state index is 13.1. The van der Waals surface area contributed by atoms with E-state index in [1.54, 1.807) is 4.57 Å². The Labute approximate surface area is 165 Å². The van der Waals surface area contributed by atoms with Gasteiger partial charge in [-0.2, -0.15) is 0 Å². The van der Waals surface area contributed by atoms with Gasteiger partial charge in [-0.05, 0) is 41.5 Å². The molecule has 0 aliphatic carbocycles. The van der Waals surface area contributed by atoms with Crippen LogP contribution in [0.5, 0.6) is 0 Å². The van der Waals surface area contributed by atoms with Gasteiger partial charge in [0.05, 0.1) is 17.4 Å². The average Bonchev–Trinajstić information content (AvgIpc) is 2.70. The molecule has 3 nitrogen and oxygen atoms in total. The highest BCUT2D eigenvalue weighted by Crippen LogP contribution is 2.15. The largest absolute Gasteiger partial charge is 0.288 e. The highest BCUT2D eigenvalue weighted by Gasteiger charge is 2.09. The zero-order chi connectivity index (χ0) is 18.6. The number of fused-ring (bicyclic) bond motifs is 1. The standard InChI is InChI=1S/C23H17BrN2O/c24-19-10-6-9-17(15-19)13-14-22-25-21-12-5-4-11-20(21)23(27)26(22)16-18-7-2-1-3-8-18/h1-15H,16H2. The smallest absolute Gasteiger partial charge is 0.261 e. The van der Waals surface area contributed by atoms with Crippen LogP contribution in [0.3, 0.4) is 0 Å². The topological polar surface area (TPSA) is 34.9 Å². The van der Waals surface area contributed by atoms with Gasteiger partial charge in [-0.15, -0.1) is 0 Å². The third-order valence-corrected chi connectivity index (χ3v) is 4.84. The maximum atomic E-state index is 13.1. The molecule has 4 heteroatoms. The number of hydrogen-bond acceptors (Lipinski definition) is 2. The van der Waals surface area contributed by atoms with Crippen LogP contribution < -0.4 is 5.56 Å². The van der Waals surface area contributed by atoms with E-state index in [9.17, 15) is 4.79 Å². The van der Waals surface area contributed by atoms with Crippen LogP contribution in [-0.2, 0) is 6.54 Å². The molecule has 3 aromatic carbocycles. The first-order valence-corrected chi connectivity index (χ1v) is 9.47. The van der Waals surface area contributed by atoms with Crippen molar-refractivity contribution in [2.75, 3.05) is 0 Å². The zero-order valence-electron chi connectivity index (χ0n) is 14.5. The number of para-hydroxylation sites is 1. The van der Waals surface area contributed by atoms with E-state index in [0.29, 0.717) is 23.3 Å². The lowest BCUT2D eigenvalue weighted by Gasteiger charge is -2.11. The Hall–Kier alpha value is -2.98. The summed E-state index contributed by atoms with van der Waals surface area (Å²) >= 11 is 3.49. The van der Waals surface area contributed by atoms with E-state index in [4.69, 9.17) is 4.98 Å². The SMILES string of the molecule is O=c1c2ccccc2nc(C=Cc2cccc(Br)c2)n1Cc1ccccc1. The Morgan fingerprint density at radius 1 is 0.889 bits per heavy atom. The van der Waals surface area contributed by atoms with Gasteiger partial charge in [0.15, 0.2) is 0 Å². The van der Waals surface area contributed by atoms with Crippen LogP contribution in [0.25, 0.3) is 23.1 Å². The highest BCUT2D eigenvalue weighted by molar-refractivity contribution is 9.10. The van der Waals surface area contributed by atoms with E-state index in [2.05, 4.69) is 15.9 Å². The Balaban J connectivity index is 1.84. The lowest BCUT2D eigenvalue weighted by atomic mass is 10.2. The second-order valence-electron chi connectivity index (χ2n) is 6.25. The van der Waals surface area contributed by atoms with Crippen molar-refractivity contribution in [2.45, 2.75) is 6.54 Å². The normalized spacial score (nSPS) is 11.3. The lowest BCUT2D eigenvalue weighted by molar-refractivity contribution is 0.738. The number of hydrogen-bond donors (Lipinski definition) is 0. The fourth-order valence-electron chi connectivity index (χ4n) is 3.01. The van der Waals surface area contributed by atoms with Crippen LogP contribution >= 0.6 is 15.9 Å². The summed E-state index contributed by atoms with van der Waals surface area (Å²) in [5, 5.41) is 0.632. The molecule has 0 bridgehead atoms. The molecule has 132 valence electrons. The van der Waals surface area contributed by atoms with Crippen molar-refractivity contribution in [1.29, 1.82) is 0 Å². The number of aromatic nitrogens is 2. The number of rotatable bonds is 4. The van der Waals surface area contributed by atoms with Gasteiger partial charge in [0.2, 0.25) is 0 Å². The Bertz CT molecular complexity index is 1180. The fraction of sp³-hybridized carbons (Fsp3) is 0.0435. The second kappa shape index (κ2) is 7.72. The molecule has 0 aliphatic heterocycles. The van der Waals surface area contributed by atoms with Gasteiger partial charge in [0.1, 0.15) is 5.82 Å². The van der Waals surface area contributed by atoms with E-state index in [-0.39, 0.29) is 5.56 Å². The summed E-state index contributed by atoms with van der Waals surface area (Å²) < 4.78 is 2.74. The van der Waals surface area contributed by atoms with Crippen LogP contribution in [0.1, 0.15) is 17.0 Å². The molecule has 0 atom stereocenters. The molecular weight excluding hydrogens is 400 g/mol. The maximum Gasteiger partial charge on any atom is 0.261 e. The molecule has 0 spiro atoms. The van der Waals surface area contributed by atoms with Gasteiger partial charge in [-0.25, -0.2) is 4.98 Å². The predicted octanol–water partition coefficient (Wildman–Crippen LogP) is 5.38. The summed E-state index contributed by atoms with van der Waals surface area (Å²) in [6.07, 6.45) is 3.88. The first kappa shape index (κ1) is 17.4. The average molecular weight is 417 g/mol. The van der Waals surface area contributed by atoms with E-state index in [0.717, 1.165) is 15.6 Å². The van der Waals surface area contributed by atoms with Crippen molar-refractivity contribution in [1.82, 2.24) is 9.55 Å². The quantitative estimate of drug-likeness (QED) is 0.447. The van der Waals surface area contributed by atoms with E-state index in [1.807, 2.05) is 91.0 Å². The molecule has 0 N–H and O–H groups in total. The first-order valence-electron chi connectivity index (χ1n) is 8.68. The Morgan fingerprint density at radius 2 is 1.67 bits per heavy atom. The molecule has 0 unspecified atom stereocenters. The van der Waals surface area contributed by atoms with Gasteiger partial charge in [0.25, 0.3) is 5.56 Å². The molecule has 1 heterocycles. The van der Waals surface area contributed by atoms with Gasteiger partial charge >= 0.3 is 0 Å². The van der Waals surface area contributed by atoms with Crippen LogP contribution in [0.4, 0.5) is 0 Å². The number of halogens is 1. The minimum atomic E-state index is -0.0293. The highest BCUT2D eigenvalue weighted by atomic mass is 79.9. The third-order valence-electron chi connectivity index (χ3n) is 4.35. The number of benzene rings is 3. The van der Waals surface area contributed by atoms with Crippen molar-refractivity contribution in [2.24, 2.45) is 0 Å². The first-order chi connectivity index (χ1) is 13.2. The lowest BCUT2D eigenvalue weighted by Crippen LogP contribution is -2.24. The van der Waals surface area contributed by atoms with Crippen molar-refractivity contribution in [3.05, 3.63) is 111 Å². The van der Waals surface area contributed by atoms with Crippen molar-refractivity contribution >= 4 is 39.0 Å². The van der Waals surface area contributed by atoms with Gasteiger partial charge < -0.3 is 0 Å². The van der Waals surface area contributed by atoms with Crippen molar-refractivity contribution in [3.8, 4) is 0 Å². The van der Waals surface area contributed by atoms with E-state index in [1.165, 1.54) is 0 Å². The van der Waals surface area contributed by atoms with Crippen molar-refractivity contribution in [3.63, 3.8) is 0 Å². The summed E-state index contributed by atoms with van der Waals surface area (Å²) in [6.45, 7) is 0.482. The van der Waals surface area contributed by atoms with Gasteiger partial charge in [-0.3, -0.25) is 9.36 Å². The third kappa shape index (κ3) is 3.91. The summed E-state index contributed by atoms with van der Waals surface area (Å²) in [7, 11) is 0. The molecule has 0 saturated heterocycles. The van der Waals surface area contributed by atoms with Crippen LogP contribution in [0.15, 0.2) is 88.1 Å². The zero-order valence-corrected chi connectivity index (χ0v) is 16.1. The van der Waals surface area contributed by atoms with Gasteiger partial charge in [-0.1, -0.05) is 76.6 Å². The summed E-state index contributed by atoms with van der Waals surface area (Å²) in [6, 6.07) is 25.4. The summed E-state index contributed by atoms with van der Waals surface area (Å²) in [5.41, 5.74) is 2.78. The molecule has 0 aliphatic rings. The molecule has 1 aromatic heterocycles. The Morgan fingerprint density at radius 3 is 2.48 bits per heavy atom. The fourth-order valence-corrected chi connectivity index (χ4v) is 3.43. The molecule has 0 amide bonds. The Kier molecular flexibility index (Phi) is 4.99. The van der Waals surface area contributed by atoms with Crippen LogP contribution in [0, 0.1) is 0 Å². The molecule has 0 radical (unpaired) electrons. The molecule has 27 heavy (non-hydrogen) atoms. The molecule has 0 saturated carbocycles. The van der Waals surface area contributed by atoms with E-state index >= 15 is 0 Å². The molecule has 4 aromatic rings. The minimum Gasteiger partial charge on any atom is -0.288 e. The minimum absolute atomic E-state index is 0.0293. The molecule has 4 rings (SSSR count). The monoisotopic (exact) mass is 416 g/mol. The summed E-state index contributed by atoms with van der Waals surface area (Å²) in [4.78, 5) is 17.8. The van der Waals surface area contributed by atoms with Crippen LogP contribution in [-0.4, -0.2) is 9.55 Å². The molecule has 0 fully saturated rings. The number of nitrogens with zero attached hydrogens (tertiary/aromatic N) is 2. The van der Waals surface area contributed by atoms with Crippen LogP contribution in [0.2, 0.25) is 0 Å². The predicted molar refractivity (Wildman–Crippen MR) is 115 cm³/mol. The van der Waals surface area contributed by atoms with Gasteiger partial charge in [0, 0.05) is 4.47 Å². The summed E-state index contributed by atoms with van der Waals surface area (Å²) in [5.74, 6) is 0.641. The van der Waals surface area contributed by atoms with E-state index < -0.39 is 0 Å². The second-order valence-corrected chi connectivity index (χ2v) is 7.17. The van der Waals surface area contributed by atoms with Crippen molar-refractivity contribution < 1.29 is 0 Å².